The first kappa shape index (κ1) is 21.1. The average Bonchev–Trinajstić information content (AvgIpc) is 2.77. The van der Waals surface area contributed by atoms with Crippen LogP contribution in [0.15, 0.2) is 30.6 Å². The molecule has 0 aliphatic heterocycles. The zero-order valence-electron chi connectivity index (χ0n) is 17.8. The second-order valence-corrected chi connectivity index (χ2v) is 7.72. The van der Waals surface area contributed by atoms with Gasteiger partial charge in [-0.25, -0.2) is 9.97 Å². The number of carbonyl (C=O) groups is 1. The molecule has 29 heavy (non-hydrogen) atoms. The van der Waals surface area contributed by atoms with Crippen molar-refractivity contribution < 1.29 is 14.3 Å². The van der Waals surface area contributed by atoms with Crippen molar-refractivity contribution in [2.24, 2.45) is 5.92 Å². The molecule has 2 aromatic heterocycles. The minimum Gasteiger partial charge on any atom is -0.481 e. The number of hydrogen-bond acceptors (Lipinski definition) is 5. The number of amides is 1. The molecule has 3 rings (SSSR count). The third-order valence-corrected chi connectivity index (χ3v) is 6.14. The van der Waals surface area contributed by atoms with Crippen LogP contribution in [0.2, 0.25) is 0 Å². The Morgan fingerprint density at radius 1 is 1.14 bits per heavy atom. The number of pyridine rings is 2. The van der Waals surface area contributed by atoms with Crippen LogP contribution < -0.4 is 14.8 Å². The molecule has 0 bridgehead atoms. The molecule has 2 aromatic rings. The summed E-state index contributed by atoms with van der Waals surface area (Å²) in [5.74, 6) is 2.19. The Bertz CT molecular complexity index is 815. The lowest BCUT2D eigenvalue weighted by Gasteiger charge is -2.34. The molecule has 0 unspecified atom stereocenters. The van der Waals surface area contributed by atoms with Crippen LogP contribution in [-0.2, 0) is 0 Å². The highest BCUT2D eigenvalue weighted by atomic mass is 16.5. The van der Waals surface area contributed by atoms with Gasteiger partial charge in [-0.05, 0) is 68.6 Å². The van der Waals surface area contributed by atoms with Crippen LogP contribution in [-0.4, -0.2) is 36.1 Å². The zero-order chi connectivity index (χ0) is 20.8. The first-order chi connectivity index (χ1) is 14.1. The first-order valence-electron chi connectivity index (χ1n) is 10.4. The van der Waals surface area contributed by atoms with Crippen LogP contribution >= 0.6 is 0 Å². The maximum Gasteiger partial charge on any atom is 0.253 e. The zero-order valence-corrected chi connectivity index (χ0v) is 17.8. The summed E-state index contributed by atoms with van der Waals surface area (Å²) in [7, 11) is 3.23. The standard InChI is InChI=1S/C23H31N3O3/c1-5-20(26-22(27)18-10-11-21(28-3)25-14-18)17-8-6-16(7-9-17)19-12-13-24-23(29-4)15(19)2/h10-14,16-17,20H,5-9H2,1-4H3,(H,26,27)/t16-,17+,20-/m1/s1. The summed E-state index contributed by atoms with van der Waals surface area (Å²) in [5.41, 5.74) is 3.06. The Balaban J connectivity index is 1.60. The molecule has 2 heterocycles. The van der Waals surface area contributed by atoms with Gasteiger partial charge in [0.1, 0.15) is 0 Å². The van der Waals surface area contributed by atoms with Crippen LogP contribution in [0.4, 0.5) is 0 Å². The molecule has 1 N–H and O–H groups in total. The van der Waals surface area contributed by atoms with Crippen molar-refractivity contribution in [2.45, 2.75) is 57.9 Å². The second kappa shape index (κ2) is 9.72. The predicted octanol–water partition coefficient (Wildman–Crippen LogP) is 4.28. The third kappa shape index (κ3) is 4.86. The van der Waals surface area contributed by atoms with Gasteiger partial charge in [0.2, 0.25) is 11.8 Å². The lowest BCUT2D eigenvalue weighted by Crippen LogP contribution is -2.41. The molecular formula is C23H31N3O3. The number of nitrogens with one attached hydrogen (secondary N) is 1. The van der Waals surface area contributed by atoms with Gasteiger partial charge in [0.25, 0.3) is 5.91 Å². The van der Waals surface area contributed by atoms with Crippen molar-refractivity contribution in [1.29, 1.82) is 0 Å². The van der Waals surface area contributed by atoms with E-state index in [9.17, 15) is 4.79 Å². The molecule has 0 spiro atoms. The van der Waals surface area contributed by atoms with Crippen molar-refractivity contribution >= 4 is 5.91 Å². The summed E-state index contributed by atoms with van der Waals surface area (Å²) in [6.45, 7) is 4.23. The summed E-state index contributed by atoms with van der Waals surface area (Å²) < 4.78 is 10.4. The maximum atomic E-state index is 12.6. The topological polar surface area (TPSA) is 73.3 Å². The Morgan fingerprint density at radius 3 is 2.48 bits per heavy atom. The number of rotatable bonds is 7. The summed E-state index contributed by atoms with van der Waals surface area (Å²) in [5, 5.41) is 3.22. The van der Waals surface area contributed by atoms with Gasteiger partial charge in [0.05, 0.1) is 19.8 Å². The van der Waals surface area contributed by atoms with Gasteiger partial charge >= 0.3 is 0 Å². The van der Waals surface area contributed by atoms with E-state index in [0.717, 1.165) is 43.5 Å². The molecule has 0 saturated heterocycles. The van der Waals surface area contributed by atoms with Gasteiger partial charge < -0.3 is 14.8 Å². The minimum atomic E-state index is -0.0659. The summed E-state index contributed by atoms with van der Waals surface area (Å²) in [6.07, 6.45) is 8.78. The highest BCUT2D eigenvalue weighted by Crippen LogP contribution is 2.39. The second-order valence-electron chi connectivity index (χ2n) is 7.72. The molecule has 1 atom stereocenters. The third-order valence-electron chi connectivity index (χ3n) is 6.14. The van der Waals surface area contributed by atoms with Crippen LogP contribution in [0.5, 0.6) is 11.8 Å². The van der Waals surface area contributed by atoms with E-state index >= 15 is 0 Å². The summed E-state index contributed by atoms with van der Waals surface area (Å²) in [6, 6.07) is 5.77. The fourth-order valence-corrected chi connectivity index (χ4v) is 4.45. The summed E-state index contributed by atoms with van der Waals surface area (Å²) >= 11 is 0. The number of methoxy groups -OCH3 is 2. The number of ether oxygens (including phenoxy) is 2. The smallest absolute Gasteiger partial charge is 0.253 e. The number of aromatic nitrogens is 2. The number of hydrogen-bond donors (Lipinski definition) is 1. The van der Waals surface area contributed by atoms with E-state index in [1.165, 1.54) is 5.56 Å². The molecule has 156 valence electrons. The van der Waals surface area contributed by atoms with E-state index in [-0.39, 0.29) is 11.9 Å². The predicted molar refractivity (Wildman–Crippen MR) is 113 cm³/mol. The SMILES string of the molecule is CC[C@@H](NC(=O)c1ccc(OC)nc1)[C@H]1CC[C@@H](c2ccnc(OC)c2C)CC1. The van der Waals surface area contributed by atoms with Crippen LogP contribution in [0.1, 0.15) is 66.4 Å². The average molecular weight is 398 g/mol. The van der Waals surface area contributed by atoms with E-state index in [0.29, 0.717) is 23.3 Å². The van der Waals surface area contributed by atoms with E-state index in [1.807, 2.05) is 6.20 Å². The van der Waals surface area contributed by atoms with Crippen molar-refractivity contribution in [2.75, 3.05) is 14.2 Å². The Kier molecular flexibility index (Phi) is 7.07. The minimum absolute atomic E-state index is 0.0659. The monoisotopic (exact) mass is 397 g/mol. The normalized spacial score (nSPS) is 20.0. The van der Waals surface area contributed by atoms with Gasteiger partial charge in [-0.3, -0.25) is 4.79 Å². The molecule has 1 aliphatic rings. The number of carbonyl (C=O) groups excluding carboxylic acids is 1. The highest BCUT2D eigenvalue weighted by Gasteiger charge is 2.29. The molecule has 6 heteroatoms. The molecule has 0 aromatic carbocycles. The fraction of sp³-hybridized carbons (Fsp3) is 0.522. The largest absolute Gasteiger partial charge is 0.481 e. The molecule has 1 saturated carbocycles. The van der Waals surface area contributed by atoms with Crippen molar-refractivity contribution in [3.63, 3.8) is 0 Å². The van der Waals surface area contributed by atoms with Crippen LogP contribution in [0.3, 0.4) is 0 Å². The maximum absolute atomic E-state index is 12.6. The molecule has 6 nitrogen and oxygen atoms in total. The van der Waals surface area contributed by atoms with Gasteiger partial charge in [0.15, 0.2) is 0 Å². The van der Waals surface area contributed by atoms with Crippen molar-refractivity contribution in [3.05, 3.63) is 47.3 Å². The quantitative estimate of drug-likeness (QED) is 0.755. The van der Waals surface area contributed by atoms with E-state index in [1.54, 1.807) is 32.5 Å². The van der Waals surface area contributed by atoms with Crippen molar-refractivity contribution in [3.8, 4) is 11.8 Å². The first-order valence-corrected chi connectivity index (χ1v) is 10.4. The highest BCUT2D eigenvalue weighted by molar-refractivity contribution is 5.94. The molecule has 0 radical (unpaired) electrons. The van der Waals surface area contributed by atoms with Gasteiger partial charge in [0, 0.05) is 30.1 Å². The van der Waals surface area contributed by atoms with E-state index in [4.69, 9.17) is 9.47 Å². The molecule has 1 fully saturated rings. The van der Waals surface area contributed by atoms with Crippen molar-refractivity contribution in [1.82, 2.24) is 15.3 Å². The van der Waals surface area contributed by atoms with Crippen LogP contribution in [0, 0.1) is 12.8 Å². The Morgan fingerprint density at radius 2 is 1.90 bits per heavy atom. The lowest BCUT2D eigenvalue weighted by molar-refractivity contribution is 0.0909. The lowest BCUT2D eigenvalue weighted by atomic mass is 9.75. The van der Waals surface area contributed by atoms with E-state index in [2.05, 4.69) is 35.2 Å². The summed E-state index contributed by atoms with van der Waals surface area (Å²) in [4.78, 5) is 21.1. The van der Waals surface area contributed by atoms with Crippen LogP contribution in [0.25, 0.3) is 0 Å². The van der Waals surface area contributed by atoms with Gasteiger partial charge in [-0.1, -0.05) is 6.92 Å². The Labute approximate surface area is 173 Å². The van der Waals surface area contributed by atoms with E-state index < -0.39 is 0 Å². The molecule has 1 aliphatic carbocycles. The fourth-order valence-electron chi connectivity index (χ4n) is 4.45. The molecular weight excluding hydrogens is 366 g/mol. The van der Waals surface area contributed by atoms with Gasteiger partial charge in [-0.2, -0.15) is 0 Å². The number of nitrogens with zero attached hydrogens (tertiary/aromatic N) is 2. The molecule has 1 amide bonds. The Hall–Kier alpha value is -2.63. The van der Waals surface area contributed by atoms with Gasteiger partial charge in [-0.15, -0.1) is 0 Å².